The molecule has 1 aromatic carbocycles. The second kappa shape index (κ2) is 3.42. The molecule has 3 N–H and O–H groups in total. The Morgan fingerprint density at radius 3 is 2.86 bits per heavy atom. The molecule has 2 rings (SSSR count). The molecule has 0 amide bonds. The van der Waals surface area contributed by atoms with Crippen LogP contribution in [0.25, 0.3) is 10.1 Å². The van der Waals surface area contributed by atoms with E-state index in [-0.39, 0.29) is 5.84 Å². The number of rotatable bonds is 2. The van der Waals surface area contributed by atoms with Gasteiger partial charge >= 0.3 is 0 Å². The molecule has 1 aromatic heterocycles. The van der Waals surface area contributed by atoms with Crippen LogP contribution in [0.3, 0.4) is 0 Å². The fourth-order valence-electron chi connectivity index (χ4n) is 1.45. The van der Waals surface area contributed by atoms with Crippen molar-refractivity contribution in [2.24, 2.45) is 5.73 Å². The quantitative estimate of drug-likeness (QED) is 0.573. The van der Waals surface area contributed by atoms with Crippen molar-refractivity contribution in [1.29, 1.82) is 5.41 Å². The van der Waals surface area contributed by atoms with Gasteiger partial charge in [0.15, 0.2) is 0 Å². The molecule has 0 aliphatic rings. The van der Waals surface area contributed by atoms with Gasteiger partial charge in [0, 0.05) is 4.70 Å². The number of nitrogens with one attached hydrogen (secondary N) is 1. The van der Waals surface area contributed by atoms with Crippen LogP contribution < -0.4 is 5.73 Å². The summed E-state index contributed by atoms with van der Waals surface area (Å²) in [5, 5.41) is 8.55. The molecule has 2 nitrogen and oxygen atoms in total. The zero-order valence-electron chi connectivity index (χ0n) is 8.00. The van der Waals surface area contributed by atoms with E-state index in [2.05, 4.69) is 25.1 Å². The highest BCUT2D eigenvalue weighted by Crippen LogP contribution is 2.26. The van der Waals surface area contributed by atoms with E-state index in [9.17, 15) is 0 Å². The van der Waals surface area contributed by atoms with E-state index in [1.807, 2.05) is 6.07 Å². The van der Waals surface area contributed by atoms with Crippen molar-refractivity contribution in [3.8, 4) is 0 Å². The minimum atomic E-state index is 0.157. The van der Waals surface area contributed by atoms with Crippen LogP contribution in [0.2, 0.25) is 0 Å². The molecule has 3 heteroatoms. The number of hydrogen-bond acceptors (Lipinski definition) is 2. The molecule has 2 aromatic rings. The molecule has 0 bridgehead atoms. The molecule has 14 heavy (non-hydrogen) atoms. The van der Waals surface area contributed by atoms with Gasteiger partial charge in [-0.15, -0.1) is 11.3 Å². The zero-order valence-corrected chi connectivity index (χ0v) is 8.82. The van der Waals surface area contributed by atoms with Gasteiger partial charge in [0.2, 0.25) is 0 Å². The SMILES string of the molecule is CCc1ccc2sc(C(=N)N)cc2c1. The summed E-state index contributed by atoms with van der Waals surface area (Å²) in [7, 11) is 0. The van der Waals surface area contributed by atoms with Crippen LogP contribution in [0, 0.1) is 5.41 Å². The van der Waals surface area contributed by atoms with Crippen LogP contribution in [0.15, 0.2) is 24.3 Å². The molecule has 0 radical (unpaired) electrons. The number of benzene rings is 1. The van der Waals surface area contributed by atoms with Crippen molar-refractivity contribution in [3.63, 3.8) is 0 Å². The van der Waals surface area contributed by atoms with Gasteiger partial charge in [0.1, 0.15) is 5.84 Å². The van der Waals surface area contributed by atoms with Crippen molar-refractivity contribution in [2.75, 3.05) is 0 Å². The number of hydrogen-bond donors (Lipinski definition) is 2. The highest BCUT2D eigenvalue weighted by molar-refractivity contribution is 7.20. The fraction of sp³-hybridized carbons (Fsp3) is 0.182. The summed E-state index contributed by atoms with van der Waals surface area (Å²) >= 11 is 1.58. The lowest BCUT2D eigenvalue weighted by Gasteiger charge is -1.94. The van der Waals surface area contributed by atoms with Crippen LogP contribution in [0.1, 0.15) is 17.4 Å². The summed E-state index contributed by atoms with van der Waals surface area (Å²) < 4.78 is 1.20. The van der Waals surface area contributed by atoms with Crippen LogP contribution in [-0.4, -0.2) is 5.84 Å². The summed E-state index contributed by atoms with van der Waals surface area (Å²) in [6, 6.07) is 8.38. The summed E-state index contributed by atoms with van der Waals surface area (Å²) in [5.74, 6) is 0.157. The first-order chi connectivity index (χ1) is 6.70. The molecular weight excluding hydrogens is 192 g/mol. The molecule has 0 atom stereocenters. The van der Waals surface area contributed by atoms with Gasteiger partial charge in [-0.25, -0.2) is 0 Å². The summed E-state index contributed by atoms with van der Waals surface area (Å²) in [6.07, 6.45) is 1.04. The number of fused-ring (bicyclic) bond motifs is 1. The van der Waals surface area contributed by atoms with Gasteiger partial charge in [0.05, 0.1) is 4.88 Å². The van der Waals surface area contributed by atoms with Gasteiger partial charge in [-0.2, -0.15) is 0 Å². The molecule has 0 saturated heterocycles. The number of nitrogen functional groups attached to an aromatic ring is 1. The van der Waals surface area contributed by atoms with Crippen molar-refractivity contribution < 1.29 is 0 Å². The second-order valence-corrected chi connectivity index (χ2v) is 4.33. The summed E-state index contributed by atoms with van der Waals surface area (Å²) in [4.78, 5) is 0.855. The van der Waals surface area contributed by atoms with Crippen molar-refractivity contribution in [2.45, 2.75) is 13.3 Å². The molecule has 0 unspecified atom stereocenters. The minimum Gasteiger partial charge on any atom is -0.383 e. The third-order valence-corrected chi connectivity index (χ3v) is 3.40. The lowest BCUT2D eigenvalue weighted by Crippen LogP contribution is -2.08. The molecule has 72 valence electrons. The summed E-state index contributed by atoms with van der Waals surface area (Å²) in [5.41, 5.74) is 6.77. The predicted octanol–water partition coefficient (Wildman–Crippen LogP) is 2.75. The Bertz CT molecular complexity index is 485. The molecule has 0 fully saturated rings. The average Bonchev–Trinajstić information content (AvgIpc) is 2.59. The Hall–Kier alpha value is -1.35. The molecule has 0 aliphatic carbocycles. The van der Waals surface area contributed by atoms with Gasteiger partial charge < -0.3 is 5.73 Å². The molecule has 0 spiro atoms. The Labute approximate surface area is 86.9 Å². The number of thiophene rings is 1. The first-order valence-electron chi connectivity index (χ1n) is 4.57. The van der Waals surface area contributed by atoms with E-state index < -0.39 is 0 Å². The van der Waals surface area contributed by atoms with E-state index >= 15 is 0 Å². The van der Waals surface area contributed by atoms with Crippen LogP contribution >= 0.6 is 11.3 Å². The van der Waals surface area contributed by atoms with Crippen LogP contribution in [0.4, 0.5) is 0 Å². The monoisotopic (exact) mass is 204 g/mol. The van der Waals surface area contributed by atoms with Crippen molar-refractivity contribution in [1.82, 2.24) is 0 Å². The fourth-order valence-corrected chi connectivity index (χ4v) is 2.35. The number of amidine groups is 1. The highest BCUT2D eigenvalue weighted by atomic mass is 32.1. The minimum absolute atomic E-state index is 0.157. The molecule has 1 heterocycles. The van der Waals surface area contributed by atoms with Crippen molar-refractivity contribution >= 4 is 27.3 Å². The Morgan fingerprint density at radius 2 is 2.21 bits per heavy atom. The third-order valence-electron chi connectivity index (χ3n) is 2.25. The highest BCUT2D eigenvalue weighted by Gasteiger charge is 2.03. The molecule has 0 aliphatic heterocycles. The summed E-state index contributed by atoms with van der Waals surface area (Å²) in [6.45, 7) is 2.14. The number of aryl methyl sites for hydroxylation is 1. The standard InChI is InChI=1S/C11H12N2S/c1-2-7-3-4-9-8(5-7)6-10(14-9)11(12)13/h3-6H,2H2,1H3,(H3,12,13). The Kier molecular flexibility index (Phi) is 2.25. The Morgan fingerprint density at radius 1 is 1.43 bits per heavy atom. The molecular formula is C11H12N2S. The average molecular weight is 204 g/mol. The zero-order chi connectivity index (χ0) is 10.1. The van der Waals surface area contributed by atoms with Crippen LogP contribution in [0.5, 0.6) is 0 Å². The maximum atomic E-state index is 7.35. The smallest absolute Gasteiger partial charge is 0.133 e. The normalized spacial score (nSPS) is 10.6. The van der Waals surface area contributed by atoms with E-state index in [1.54, 1.807) is 11.3 Å². The lowest BCUT2D eigenvalue weighted by molar-refractivity contribution is 1.15. The first kappa shape index (κ1) is 9.21. The Balaban J connectivity index is 2.60. The van der Waals surface area contributed by atoms with E-state index in [1.165, 1.54) is 15.6 Å². The number of nitrogens with two attached hydrogens (primary N) is 1. The van der Waals surface area contributed by atoms with E-state index in [0.717, 1.165) is 11.3 Å². The maximum absolute atomic E-state index is 7.35. The van der Waals surface area contributed by atoms with E-state index in [0.29, 0.717) is 0 Å². The maximum Gasteiger partial charge on any atom is 0.133 e. The van der Waals surface area contributed by atoms with Crippen LogP contribution in [-0.2, 0) is 6.42 Å². The molecule has 0 saturated carbocycles. The lowest BCUT2D eigenvalue weighted by atomic mass is 10.1. The van der Waals surface area contributed by atoms with Gasteiger partial charge in [-0.1, -0.05) is 19.1 Å². The largest absolute Gasteiger partial charge is 0.383 e. The van der Waals surface area contributed by atoms with Gasteiger partial charge in [-0.05, 0) is 29.5 Å². The topological polar surface area (TPSA) is 49.9 Å². The van der Waals surface area contributed by atoms with Crippen molar-refractivity contribution in [3.05, 3.63) is 34.7 Å². The van der Waals surface area contributed by atoms with Gasteiger partial charge in [-0.3, -0.25) is 5.41 Å². The van der Waals surface area contributed by atoms with Gasteiger partial charge in [0.25, 0.3) is 0 Å². The first-order valence-corrected chi connectivity index (χ1v) is 5.39. The third kappa shape index (κ3) is 1.51. The second-order valence-electron chi connectivity index (χ2n) is 3.25. The van der Waals surface area contributed by atoms with E-state index in [4.69, 9.17) is 11.1 Å². The predicted molar refractivity (Wildman–Crippen MR) is 62.2 cm³/mol.